The summed E-state index contributed by atoms with van der Waals surface area (Å²) in [6.07, 6.45) is 1.02. The van der Waals surface area contributed by atoms with Crippen molar-refractivity contribution in [2.45, 2.75) is 13.8 Å². The fraction of sp³-hybridized carbons (Fsp3) is 0.167. The molecule has 2 aromatic rings. The van der Waals surface area contributed by atoms with Crippen LogP contribution < -0.4 is 0 Å². The van der Waals surface area contributed by atoms with Crippen LogP contribution in [0.5, 0.6) is 0 Å². The molecule has 2 rings (SSSR count). The van der Waals surface area contributed by atoms with Crippen LogP contribution in [-0.2, 0) is 0 Å². The molecule has 0 saturated heterocycles. The fourth-order valence-corrected chi connectivity index (χ4v) is 1.67. The average molecular weight is 274 g/mol. The van der Waals surface area contributed by atoms with Gasteiger partial charge in [0.05, 0.1) is 5.56 Å². The van der Waals surface area contributed by atoms with Crippen molar-refractivity contribution in [3.05, 3.63) is 46.8 Å². The van der Waals surface area contributed by atoms with E-state index in [1.165, 1.54) is 13.8 Å². The van der Waals surface area contributed by atoms with Crippen molar-refractivity contribution in [2.24, 2.45) is 0 Å². The predicted molar refractivity (Wildman–Crippen MR) is 56.7 cm³/mol. The molecular weight excluding hydrogens is 267 g/mol. The molecule has 2 nitrogen and oxygen atoms in total. The zero-order chi connectivity index (χ0) is 14.3. The molecule has 1 aromatic heterocycles. The summed E-state index contributed by atoms with van der Waals surface area (Å²) in [5, 5.41) is 0. The van der Waals surface area contributed by atoms with Crippen LogP contribution in [0.3, 0.4) is 0 Å². The van der Waals surface area contributed by atoms with Crippen LogP contribution in [0, 0.1) is 42.9 Å². The number of rotatable bonds is 1. The maximum absolute atomic E-state index is 13.6. The Morgan fingerprint density at radius 1 is 0.789 bits per heavy atom. The van der Waals surface area contributed by atoms with Gasteiger partial charge in [-0.2, -0.15) is 0 Å². The Kier molecular flexibility index (Phi) is 3.21. The quantitative estimate of drug-likeness (QED) is 0.452. The zero-order valence-electron chi connectivity index (χ0n) is 9.86. The van der Waals surface area contributed by atoms with Crippen LogP contribution in [0.1, 0.15) is 11.5 Å². The number of aromatic nitrogens is 2. The molecule has 0 fully saturated rings. The van der Waals surface area contributed by atoms with Gasteiger partial charge >= 0.3 is 0 Å². The van der Waals surface area contributed by atoms with Crippen molar-refractivity contribution in [3.63, 3.8) is 0 Å². The SMILES string of the molecule is Cc1ncc(-c2c(F)c(F)c(F)c(F)c2F)c(C)n1. The molecule has 100 valence electrons. The van der Waals surface area contributed by atoms with Crippen molar-refractivity contribution in [1.82, 2.24) is 9.97 Å². The van der Waals surface area contributed by atoms with Gasteiger partial charge in [0.1, 0.15) is 5.82 Å². The Bertz CT molecular complexity index is 641. The maximum atomic E-state index is 13.6. The predicted octanol–water partition coefficient (Wildman–Crippen LogP) is 3.46. The van der Waals surface area contributed by atoms with E-state index in [4.69, 9.17) is 0 Å². The lowest BCUT2D eigenvalue weighted by Gasteiger charge is -2.10. The van der Waals surface area contributed by atoms with Gasteiger partial charge in [0, 0.05) is 17.5 Å². The van der Waals surface area contributed by atoms with E-state index in [1.807, 2.05) is 0 Å². The molecule has 1 heterocycles. The summed E-state index contributed by atoms with van der Waals surface area (Å²) in [6, 6.07) is 0. The number of hydrogen-bond donors (Lipinski definition) is 0. The van der Waals surface area contributed by atoms with Crippen molar-refractivity contribution in [1.29, 1.82) is 0 Å². The molecule has 7 heteroatoms. The highest BCUT2D eigenvalue weighted by Gasteiger charge is 2.27. The number of nitrogens with zero attached hydrogens (tertiary/aromatic N) is 2. The molecule has 0 N–H and O–H groups in total. The van der Waals surface area contributed by atoms with E-state index in [2.05, 4.69) is 9.97 Å². The molecule has 0 radical (unpaired) electrons. The van der Waals surface area contributed by atoms with Gasteiger partial charge in [-0.1, -0.05) is 0 Å². The van der Waals surface area contributed by atoms with Crippen molar-refractivity contribution >= 4 is 0 Å². The van der Waals surface area contributed by atoms with Crippen LogP contribution >= 0.6 is 0 Å². The Morgan fingerprint density at radius 3 is 1.74 bits per heavy atom. The van der Waals surface area contributed by atoms with E-state index < -0.39 is 34.6 Å². The minimum absolute atomic E-state index is 0.121. The Hall–Kier alpha value is -2.05. The van der Waals surface area contributed by atoms with Gasteiger partial charge in [-0.05, 0) is 13.8 Å². The minimum Gasteiger partial charge on any atom is -0.241 e. The highest BCUT2D eigenvalue weighted by Crippen LogP contribution is 2.32. The third-order valence-electron chi connectivity index (χ3n) is 2.58. The first-order chi connectivity index (χ1) is 8.84. The van der Waals surface area contributed by atoms with E-state index in [0.29, 0.717) is 5.82 Å². The van der Waals surface area contributed by atoms with Crippen molar-refractivity contribution in [2.75, 3.05) is 0 Å². The van der Waals surface area contributed by atoms with Gasteiger partial charge in [0.25, 0.3) is 0 Å². The highest BCUT2D eigenvalue weighted by atomic mass is 19.2. The molecule has 0 saturated carbocycles. The molecular formula is C12H7F5N2. The zero-order valence-corrected chi connectivity index (χ0v) is 9.86. The molecule has 0 unspecified atom stereocenters. The van der Waals surface area contributed by atoms with Gasteiger partial charge < -0.3 is 0 Å². The third-order valence-corrected chi connectivity index (χ3v) is 2.58. The van der Waals surface area contributed by atoms with Crippen molar-refractivity contribution in [3.8, 4) is 11.1 Å². The summed E-state index contributed by atoms with van der Waals surface area (Å²) < 4.78 is 66.3. The molecule has 0 aliphatic heterocycles. The number of halogens is 5. The summed E-state index contributed by atoms with van der Waals surface area (Å²) in [4.78, 5) is 7.53. The highest BCUT2D eigenvalue weighted by molar-refractivity contribution is 5.66. The normalized spacial score (nSPS) is 10.9. The second-order valence-electron chi connectivity index (χ2n) is 3.86. The molecule has 19 heavy (non-hydrogen) atoms. The molecule has 0 aliphatic rings. The first-order valence-electron chi connectivity index (χ1n) is 5.16. The molecule has 1 aromatic carbocycles. The molecule has 0 bridgehead atoms. The van der Waals surface area contributed by atoms with Gasteiger partial charge in [-0.15, -0.1) is 0 Å². The summed E-state index contributed by atoms with van der Waals surface area (Å²) in [7, 11) is 0. The van der Waals surface area contributed by atoms with Gasteiger partial charge in [0.2, 0.25) is 5.82 Å². The van der Waals surface area contributed by atoms with Gasteiger partial charge in [-0.3, -0.25) is 0 Å². The fourth-order valence-electron chi connectivity index (χ4n) is 1.67. The summed E-state index contributed by atoms with van der Waals surface area (Å²) in [5.74, 6) is -9.64. The van der Waals surface area contributed by atoms with Crippen LogP contribution in [0.2, 0.25) is 0 Å². The van der Waals surface area contributed by atoms with Gasteiger partial charge in [0.15, 0.2) is 23.3 Å². The molecule has 0 spiro atoms. The first-order valence-corrected chi connectivity index (χ1v) is 5.16. The van der Waals surface area contributed by atoms with E-state index in [0.717, 1.165) is 6.20 Å². The lowest BCUT2D eigenvalue weighted by molar-refractivity contribution is 0.381. The van der Waals surface area contributed by atoms with Crippen LogP contribution in [0.15, 0.2) is 6.20 Å². The smallest absolute Gasteiger partial charge is 0.200 e. The first kappa shape index (κ1) is 13.4. The Balaban J connectivity index is 2.83. The molecule has 0 atom stereocenters. The number of benzene rings is 1. The number of hydrogen-bond acceptors (Lipinski definition) is 2. The standard InChI is InChI=1S/C12H7F5N2/c1-4-6(3-18-5(2)19-4)7-8(13)10(15)12(17)11(16)9(7)14/h3H,1-2H3. The maximum Gasteiger partial charge on any atom is 0.200 e. The Labute approximate surface area is 104 Å². The Morgan fingerprint density at radius 2 is 1.26 bits per heavy atom. The van der Waals surface area contributed by atoms with E-state index >= 15 is 0 Å². The second kappa shape index (κ2) is 4.56. The van der Waals surface area contributed by atoms with E-state index in [-0.39, 0.29) is 11.3 Å². The molecule has 0 aliphatic carbocycles. The van der Waals surface area contributed by atoms with Crippen LogP contribution in [0.25, 0.3) is 11.1 Å². The van der Waals surface area contributed by atoms with E-state index in [1.54, 1.807) is 0 Å². The van der Waals surface area contributed by atoms with Crippen LogP contribution in [0.4, 0.5) is 22.0 Å². The lowest BCUT2D eigenvalue weighted by atomic mass is 10.0. The summed E-state index contributed by atoms with van der Waals surface area (Å²) in [5.41, 5.74) is -1.14. The second-order valence-corrected chi connectivity index (χ2v) is 3.86. The van der Waals surface area contributed by atoms with Crippen LogP contribution in [-0.4, -0.2) is 9.97 Å². The lowest BCUT2D eigenvalue weighted by Crippen LogP contribution is -2.06. The summed E-state index contributed by atoms with van der Waals surface area (Å²) >= 11 is 0. The average Bonchev–Trinajstić information content (AvgIpc) is 2.37. The summed E-state index contributed by atoms with van der Waals surface area (Å²) in [6.45, 7) is 2.93. The topological polar surface area (TPSA) is 25.8 Å². The van der Waals surface area contributed by atoms with E-state index in [9.17, 15) is 22.0 Å². The minimum atomic E-state index is -2.19. The monoisotopic (exact) mass is 274 g/mol. The third kappa shape index (κ3) is 2.05. The largest absolute Gasteiger partial charge is 0.241 e. The van der Waals surface area contributed by atoms with Crippen molar-refractivity contribution < 1.29 is 22.0 Å². The van der Waals surface area contributed by atoms with Gasteiger partial charge in [-0.25, -0.2) is 31.9 Å². The number of aryl methyl sites for hydroxylation is 2. The molecule has 0 amide bonds.